The maximum absolute atomic E-state index is 13.2. The third kappa shape index (κ3) is 1.28. The highest BCUT2D eigenvalue weighted by Gasteiger charge is 2.82. The molecule has 1 unspecified atom stereocenters. The Morgan fingerprint density at radius 3 is 3.00 bits per heavy atom. The molecule has 6 aliphatic rings. The number of allylic oxidation sites excluding steroid dienone is 1. The van der Waals surface area contributed by atoms with Gasteiger partial charge in [-0.15, -0.1) is 0 Å². The van der Waals surface area contributed by atoms with E-state index in [9.17, 15) is 9.90 Å². The number of methoxy groups -OCH3 is 1. The van der Waals surface area contributed by atoms with Crippen molar-refractivity contribution in [3.63, 3.8) is 0 Å². The van der Waals surface area contributed by atoms with E-state index in [2.05, 4.69) is 35.3 Å². The van der Waals surface area contributed by atoms with Gasteiger partial charge in [0, 0.05) is 35.6 Å². The van der Waals surface area contributed by atoms with Crippen LogP contribution in [0.3, 0.4) is 0 Å². The molecule has 1 saturated carbocycles. The molecule has 1 spiro atoms. The van der Waals surface area contributed by atoms with Gasteiger partial charge >= 0.3 is 5.97 Å². The van der Waals surface area contributed by atoms with E-state index in [-0.39, 0.29) is 24.0 Å². The first kappa shape index (κ1) is 15.2. The quantitative estimate of drug-likeness (QED) is 0.595. The SMILES string of the molecule is C/C=C1/CN2[C@@H]3C[C@H]1[C@]1(C(=O)OC)[C@H](O)[C@@]4(C[C@@H]21)c1ccccc1N[C@@H]34. The first-order chi connectivity index (χ1) is 12.6. The third-order valence-corrected chi connectivity index (χ3v) is 8.30. The van der Waals surface area contributed by atoms with Crippen LogP contribution in [0.1, 0.15) is 25.3 Å². The first-order valence-corrected chi connectivity index (χ1v) is 9.64. The van der Waals surface area contributed by atoms with Gasteiger partial charge in [0.2, 0.25) is 0 Å². The second-order valence-electron chi connectivity index (χ2n) is 8.65. The van der Waals surface area contributed by atoms with Crippen LogP contribution in [-0.2, 0) is 14.9 Å². The lowest BCUT2D eigenvalue weighted by Crippen LogP contribution is -2.71. The minimum absolute atomic E-state index is 0.0570. The molecule has 7 rings (SSSR count). The Bertz CT molecular complexity index is 867. The molecular weight excluding hydrogens is 328 g/mol. The van der Waals surface area contributed by atoms with E-state index in [1.807, 2.05) is 12.1 Å². The summed E-state index contributed by atoms with van der Waals surface area (Å²) in [6, 6.07) is 8.89. The fraction of sp³-hybridized carbons (Fsp3) is 0.571. The average molecular weight is 352 g/mol. The number of anilines is 1. The van der Waals surface area contributed by atoms with Gasteiger partial charge in [-0.1, -0.05) is 29.8 Å². The Hall–Kier alpha value is -1.85. The molecule has 2 N–H and O–H groups in total. The number of rotatable bonds is 1. The molecule has 5 fully saturated rings. The van der Waals surface area contributed by atoms with Gasteiger partial charge in [-0.3, -0.25) is 9.69 Å². The Morgan fingerprint density at radius 2 is 2.23 bits per heavy atom. The number of piperidine rings is 4. The van der Waals surface area contributed by atoms with Gasteiger partial charge in [0.1, 0.15) is 5.41 Å². The number of carbonyl (C=O) groups is 1. The molecule has 8 atom stereocenters. The minimum Gasteiger partial charge on any atom is -0.468 e. The summed E-state index contributed by atoms with van der Waals surface area (Å²) in [6.07, 6.45) is 3.15. The van der Waals surface area contributed by atoms with E-state index in [1.165, 1.54) is 18.2 Å². The van der Waals surface area contributed by atoms with Crippen molar-refractivity contribution >= 4 is 11.7 Å². The molecule has 26 heavy (non-hydrogen) atoms. The molecule has 5 heterocycles. The van der Waals surface area contributed by atoms with E-state index in [1.54, 1.807) is 0 Å². The standard InChI is InChI=1S/C21H24N2O3/c1-3-11-10-23-15-8-13(11)21(19(25)26-2)16(23)9-20(18(21)24)12-6-4-5-7-14(12)22-17(15)20/h3-7,13,15-18,22,24H,8-10H2,1-2H3/b11-3-/t13-,15-,16-,17+,18-,20+,21-/m1/s1. The Kier molecular flexibility index (Phi) is 2.65. The van der Waals surface area contributed by atoms with Crippen molar-refractivity contribution in [3.8, 4) is 0 Å². The van der Waals surface area contributed by atoms with Gasteiger partial charge in [-0.25, -0.2) is 0 Å². The minimum atomic E-state index is -0.848. The molecule has 5 aliphatic heterocycles. The van der Waals surface area contributed by atoms with E-state index < -0.39 is 16.9 Å². The lowest BCUT2D eigenvalue weighted by atomic mass is 9.58. The molecule has 4 saturated heterocycles. The zero-order chi connectivity index (χ0) is 17.8. The first-order valence-electron chi connectivity index (χ1n) is 9.64. The van der Waals surface area contributed by atoms with Crippen LogP contribution < -0.4 is 5.32 Å². The number of hydrogen-bond acceptors (Lipinski definition) is 5. The average Bonchev–Trinajstić information content (AvgIpc) is 3.13. The summed E-state index contributed by atoms with van der Waals surface area (Å²) in [5, 5.41) is 15.6. The molecular formula is C21H24N2O3. The normalized spacial score (nSPS) is 50.5. The maximum Gasteiger partial charge on any atom is 0.316 e. The highest BCUT2D eigenvalue weighted by molar-refractivity contribution is 5.84. The number of nitrogens with one attached hydrogen (secondary N) is 1. The number of fused-ring (bicyclic) bond motifs is 2. The van der Waals surface area contributed by atoms with Crippen molar-refractivity contribution in [3.05, 3.63) is 41.5 Å². The number of benzene rings is 1. The third-order valence-electron chi connectivity index (χ3n) is 8.30. The van der Waals surface area contributed by atoms with E-state index in [0.717, 1.165) is 25.1 Å². The van der Waals surface area contributed by atoms with Crippen LogP contribution in [0, 0.1) is 11.3 Å². The van der Waals surface area contributed by atoms with Crippen molar-refractivity contribution < 1.29 is 14.6 Å². The molecule has 5 heteroatoms. The highest BCUT2D eigenvalue weighted by Crippen LogP contribution is 2.71. The smallest absolute Gasteiger partial charge is 0.316 e. The summed E-state index contributed by atoms with van der Waals surface area (Å²) in [6.45, 7) is 2.96. The number of esters is 1. The van der Waals surface area contributed by atoms with Crippen molar-refractivity contribution in [2.24, 2.45) is 11.3 Å². The summed E-state index contributed by atoms with van der Waals surface area (Å²) in [5.41, 5.74) is 2.34. The predicted octanol–water partition coefficient (Wildman–Crippen LogP) is 1.68. The number of aliphatic hydroxyl groups is 1. The van der Waals surface area contributed by atoms with Crippen LogP contribution in [-0.4, -0.2) is 53.9 Å². The van der Waals surface area contributed by atoms with Crippen molar-refractivity contribution in [2.75, 3.05) is 19.0 Å². The van der Waals surface area contributed by atoms with Gasteiger partial charge in [-0.2, -0.15) is 0 Å². The number of aliphatic hydroxyl groups excluding tert-OH is 1. The Morgan fingerprint density at radius 1 is 1.42 bits per heavy atom. The van der Waals surface area contributed by atoms with Gasteiger partial charge in [0.25, 0.3) is 0 Å². The second kappa shape index (κ2) is 4.52. The fourth-order valence-electron chi connectivity index (χ4n) is 7.49. The van der Waals surface area contributed by atoms with Gasteiger partial charge in [0.05, 0.1) is 19.3 Å². The molecule has 5 nitrogen and oxygen atoms in total. The topological polar surface area (TPSA) is 61.8 Å². The molecule has 1 aromatic rings. The fourth-order valence-corrected chi connectivity index (χ4v) is 7.49. The van der Waals surface area contributed by atoms with Crippen LogP contribution >= 0.6 is 0 Å². The number of nitrogens with zero attached hydrogens (tertiary/aromatic N) is 1. The number of ether oxygens (including phenoxy) is 1. The molecule has 0 aromatic heterocycles. The van der Waals surface area contributed by atoms with Crippen LogP contribution in [0.4, 0.5) is 5.69 Å². The summed E-state index contributed by atoms with van der Waals surface area (Å²) in [7, 11) is 1.46. The van der Waals surface area contributed by atoms with E-state index in [4.69, 9.17) is 4.74 Å². The number of para-hydroxylation sites is 1. The Labute approximate surface area is 153 Å². The molecule has 5 bridgehead atoms. The summed E-state index contributed by atoms with van der Waals surface area (Å²) >= 11 is 0. The number of carbonyl (C=O) groups excluding carboxylic acids is 1. The molecule has 1 aromatic carbocycles. The zero-order valence-electron chi connectivity index (χ0n) is 15.1. The maximum atomic E-state index is 13.2. The molecule has 1 aliphatic carbocycles. The van der Waals surface area contributed by atoms with Gasteiger partial charge in [0.15, 0.2) is 0 Å². The number of hydrogen-bond donors (Lipinski definition) is 2. The van der Waals surface area contributed by atoms with Crippen LogP contribution in [0.5, 0.6) is 0 Å². The summed E-state index contributed by atoms with van der Waals surface area (Å²) in [5.74, 6) is -0.154. The second-order valence-corrected chi connectivity index (χ2v) is 8.65. The lowest BCUT2D eigenvalue weighted by molar-refractivity contribution is -0.179. The van der Waals surface area contributed by atoms with Gasteiger partial charge < -0.3 is 15.2 Å². The molecule has 0 radical (unpaired) electrons. The van der Waals surface area contributed by atoms with Crippen molar-refractivity contribution in [2.45, 2.75) is 49.4 Å². The van der Waals surface area contributed by atoms with Crippen LogP contribution in [0.2, 0.25) is 0 Å². The van der Waals surface area contributed by atoms with Crippen molar-refractivity contribution in [1.29, 1.82) is 0 Å². The highest BCUT2D eigenvalue weighted by atomic mass is 16.5. The summed E-state index contributed by atoms with van der Waals surface area (Å²) < 4.78 is 5.34. The van der Waals surface area contributed by atoms with Crippen LogP contribution in [0.15, 0.2) is 35.9 Å². The Balaban J connectivity index is 1.65. The molecule has 136 valence electrons. The lowest BCUT2D eigenvalue weighted by Gasteiger charge is -2.60. The summed E-state index contributed by atoms with van der Waals surface area (Å²) in [4.78, 5) is 15.7. The monoisotopic (exact) mass is 352 g/mol. The van der Waals surface area contributed by atoms with E-state index >= 15 is 0 Å². The van der Waals surface area contributed by atoms with Gasteiger partial charge in [-0.05, 0) is 31.4 Å². The molecule has 0 amide bonds. The van der Waals surface area contributed by atoms with Crippen LogP contribution in [0.25, 0.3) is 0 Å². The zero-order valence-corrected chi connectivity index (χ0v) is 15.1. The van der Waals surface area contributed by atoms with Crippen molar-refractivity contribution in [1.82, 2.24) is 4.90 Å². The largest absolute Gasteiger partial charge is 0.468 e. The predicted molar refractivity (Wildman–Crippen MR) is 96.7 cm³/mol. The van der Waals surface area contributed by atoms with E-state index in [0.29, 0.717) is 6.04 Å².